The Bertz CT molecular complexity index is 712. The van der Waals surface area contributed by atoms with Gasteiger partial charge in [0.05, 0.1) is 5.56 Å². The number of hydrogen-bond donors (Lipinski definition) is 0. The molecule has 138 valence electrons. The maximum absolute atomic E-state index is 12.7. The molecule has 0 N–H and O–H groups in total. The fraction of sp³-hybridized carbons (Fsp3) is 0.455. The van der Waals surface area contributed by atoms with Gasteiger partial charge in [0.2, 0.25) is 0 Å². The Kier molecular flexibility index (Phi) is 5.92. The zero-order valence-electron chi connectivity index (χ0n) is 16.1. The highest BCUT2D eigenvalue weighted by atomic mass is 16.2. The minimum atomic E-state index is 0.106. The quantitative estimate of drug-likeness (QED) is 0.803. The molecule has 0 radical (unpaired) electrons. The molecule has 1 aromatic carbocycles. The van der Waals surface area contributed by atoms with Gasteiger partial charge in [-0.25, -0.2) is 4.98 Å². The number of amides is 1. The average Bonchev–Trinajstić information content (AvgIpc) is 2.66. The average molecular weight is 351 g/mol. The first-order valence-corrected chi connectivity index (χ1v) is 9.60. The molecule has 1 aromatic heterocycles. The van der Waals surface area contributed by atoms with Crippen LogP contribution in [-0.4, -0.2) is 34.9 Å². The van der Waals surface area contributed by atoms with Crippen molar-refractivity contribution in [1.29, 1.82) is 0 Å². The molecule has 26 heavy (non-hydrogen) atoms. The van der Waals surface area contributed by atoms with Crippen LogP contribution in [-0.2, 0) is 6.54 Å². The Morgan fingerprint density at radius 3 is 2.62 bits per heavy atom. The summed E-state index contributed by atoms with van der Waals surface area (Å²) in [5.41, 5.74) is 1.94. The van der Waals surface area contributed by atoms with Crippen LogP contribution in [0.1, 0.15) is 49.5 Å². The third-order valence-electron chi connectivity index (χ3n) is 5.05. The van der Waals surface area contributed by atoms with Crippen molar-refractivity contribution in [3.63, 3.8) is 0 Å². The summed E-state index contributed by atoms with van der Waals surface area (Å²) >= 11 is 0. The normalized spacial score (nSPS) is 17.4. The smallest absolute Gasteiger partial charge is 0.255 e. The molecule has 4 nitrogen and oxygen atoms in total. The number of piperidine rings is 1. The van der Waals surface area contributed by atoms with E-state index in [1.807, 2.05) is 23.1 Å². The van der Waals surface area contributed by atoms with Crippen LogP contribution in [0, 0.1) is 5.92 Å². The fourth-order valence-corrected chi connectivity index (χ4v) is 3.55. The Balaban J connectivity index is 1.73. The van der Waals surface area contributed by atoms with E-state index in [9.17, 15) is 4.79 Å². The number of pyridine rings is 1. The minimum Gasteiger partial charge on any atom is -0.350 e. The van der Waals surface area contributed by atoms with Crippen LogP contribution >= 0.6 is 0 Å². The molecule has 1 amide bonds. The highest BCUT2D eigenvalue weighted by Gasteiger charge is 2.22. The standard InChI is InChI=1S/C22H29N3O/c1-17(2)25(16-19-9-5-4-6-10-19)21-12-11-20(14-23-21)22(26)24-13-7-8-18(3)15-24/h4-6,9-12,14,17-18H,7-8,13,15-16H2,1-3H3. The summed E-state index contributed by atoms with van der Waals surface area (Å²) in [6, 6.07) is 14.6. The molecule has 4 heteroatoms. The molecule has 0 bridgehead atoms. The Morgan fingerprint density at radius 2 is 2.00 bits per heavy atom. The number of benzene rings is 1. The number of carbonyl (C=O) groups excluding carboxylic acids is 1. The number of hydrogen-bond acceptors (Lipinski definition) is 3. The minimum absolute atomic E-state index is 0.106. The van der Waals surface area contributed by atoms with Gasteiger partial charge in [0.25, 0.3) is 5.91 Å². The molecular formula is C22H29N3O. The molecule has 2 aromatic rings. The molecule has 1 fully saturated rings. The highest BCUT2D eigenvalue weighted by molar-refractivity contribution is 5.94. The first kappa shape index (κ1) is 18.4. The van der Waals surface area contributed by atoms with Crippen molar-refractivity contribution < 1.29 is 4.79 Å². The molecule has 1 aliphatic rings. The number of carbonyl (C=O) groups is 1. The molecule has 0 spiro atoms. The Labute approximate surface area is 156 Å². The van der Waals surface area contributed by atoms with Gasteiger partial charge >= 0.3 is 0 Å². The summed E-state index contributed by atoms with van der Waals surface area (Å²) in [5, 5.41) is 0. The summed E-state index contributed by atoms with van der Waals surface area (Å²) in [6.45, 7) is 9.06. The van der Waals surface area contributed by atoms with Gasteiger partial charge in [-0.05, 0) is 50.3 Å². The lowest BCUT2D eigenvalue weighted by Gasteiger charge is -2.31. The number of aromatic nitrogens is 1. The van der Waals surface area contributed by atoms with E-state index in [1.54, 1.807) is 6.20 Å². The second-order valence-electron chi connectivity index (χ2n) is 7.61. The predicted octanol–water partition coefficient (Wildman–Crippen LogP) is 4.37. The Morgan fingerprint density at radius 1 is 1.23 bits per heavy atom. The molecular weight excluding hydrogens is 322 g/mol. The second kappa shape index (κ2) is 8.35. The molecule has 1 aliphatic heterocycles. The molecule has 1 atom stereocenters. The number of rotatable bonds is 5. The molecule has 0 aliphatic carbocycles. The topological polar surface area (TPSA) is 36.4 Å². The van der Waals surface area contributed by atoms with Gasteiger partial charge in [-0.1, -0.05) is 37.3 Å². The van der Waals surface area contributed by atoms with E-state index in [1.165, 1.54) is 12.0 Å². The highest BCUT2D eigenvalue weighted by Crippen LogP contribution is 2.21. The number of anilines is 1. The molecule has 3 rings (SSSR count). The number of likely N-dealkylation sites (tertiary alicyclic amines) is 1. The summed E-state index contributed by atoms with van der Waals surface area (Å²) in [5.74, 6) is 1.60. The maximum atomic E-state index is 12.7. The van der Waals surface area contributed by atoms with E-state index < -0.39 is 0 Å². The zero-order chi connectivity index (χ0) is 18.5. The summed E-state index contributed by atoms with van der Waals surface area (Å²) in [6.07, 6.45) is 4.04. The third kappa shape index (κ3) is 4.43. The van der Waals surface area contributed by atoms with Crippen LogP contribution < -0.4 is 4.90 Å². The van der Waals surface area contributed by atoms with Crippen LogP contribution in [0.2, 0.25) is 0 Å². The van der Waals surface area contributed by atoms with Gasteiger partial charge in [-0.15, -0.1) is 0 Å². The summed E-state index contributed by atoms with van der Waals surface area (Å²) in [4.78, 5) is 21.6. The SMILES string of the molecule is CC1CCCN(C(=O)c2ccc(N(Cc3ccccc3)C(C)C)nc2)C1. The first-order valence-electron chi connectivity index (χ1n) is 9.60. The lowest BCUT2D eigenvalue weighted by molar-refractivity contribution is 0.0682. The van der Waals surface area contributed by atoms with Gasteiger partial charge in [-0.3, -0.25) is 4.79 Å². The lowest BCUT2D eigenvalue weighted by Crippen LogP contribution is -2.39. The number of nitrogens with zero attached hydrogens (tertiary/aromatic N) is 3. The first-order chi connectivity index (χ1) is 12.5. The van der Waals surface area contributed by atoms with Gasteiger partial charge in [0.15, 0.2) is 0 Å². The second-order valence-corrected chi connectivity index (χ2v) is 7.61. The maximum Gasteiger partial charge on any atom is 0.255 e. The molecule has 2 heterocycles. The van der Waals surface area contributed by atoms with Crippen molar-refractivity contribution in [2.45, 2.75) is 46.2 Å². The Hall–Kier alpha value is -2.36. The van der Waals surface area contributed by atoms with Gasteiger partial charge in [-0.2, -0.15) is 0 Å². The largest absolute Gasteiger partial charge is 0.350 e. The fourth-order valence-electron chi connectivity index (χ4n) is 3.55. The van der Waals surface area contributed by atoms with Crippen LogP contribution in [0.3, 0.4) is 0 Å². The third-order valence-corrected chi connectivity index (χ3v) is 5.05. The van der Waals surface area contributed by atoms with Crippen LogP contribution in [0.4, 0.5) is 5.82 Å². The van der Waals surface area contributed by atoms with E-state index in [-0.39, 0.29) is 5.91 Å². The van der Waals surface area contributed by atoms with Crippen LogP contribution in [0.5, 0.6) is 0 Å². The van der Waals surface area contributed by atoms with Gasteiger partial charge in [0, 0.05) is 31.9 Å². The van der Waals surface area contributed by atoms with Crippen molar-refractivity contribution in [3.8, 4) is 0 Å². The van der Waals surface area contributed by atoms with E-state index in [4.69, 9.17) is 0 Å². The zero-order valence-corrected chi connectivity index (χ0v) is 16.1. The van der Waals surface area contributed by atoms with Gasteiger partial charge < -0.3 is 9.80 Å². The van der Waals surface area contributed by atoms with Crippen LogP contribution in [0.15, 0.2) is 48.7 Å². The predicted molar refractivity (Wildman–Crippen MR) is 106 cm³/mol. The summed E-state index contributed by atoms with van der Waals surface area (Å²) in [7, 11) is 0. The monoisotopic (exact) mass is 351 g/mol. The van der Waals surface area contributed by atoms with Crippen molar-refractivity contribution >= 4 is 11.7 Å². The molecule has 1 saturated heterocycles. The van der Waals surface area contributed by atoms with Crippen molar-refractivity contribution in [1.82, 2.24) is 9.88 Å². The van der Waals surface area contributed by atoms with E-state index >= 15 is 0 Å². The van der Waals surface area contributed by atoms with E-state index in [0.717, 1.165) is 31.9 Å². The molecule has 0 saturated carbocycles. The summed E-state index contributed by atoms with van der Waals surface area (Å²) < 4.78 is 0. The van der Waals surface area contributed by atoms with Crippen LogP contribution in [0.25, 0.3) is 0 Å². The van der Waals surface area contributed by atoms with Crippen molar-refractivity contribution in [2.75, 3.05) is 18.0 Å². The van der Waals surface area contributed by atoms with Crippen molar-refractivity contribution in [3.05, 3.63) is 59.8 Å². The molecule has 1 unspecified atom stereocenters. The van der Waals surface area contributed by atoms with E-state index in [2.05, 4.69) is 54.9 Å². The van der Waals surface area contributed by atoms with Gasteiger partial charge in [0.1, 0.15) is 5.82 Å². The van der Waals surface area contributed by atoms with E-state index in [0.29, 0.717) is 17.5 Å². The van der Waals surface area contributed by atoms with Crippen molar-refractivity contribution in [2.24, 2.45) is 5.92 Å². The lowest BCUT2D eigenvalue weighted by atomic mass is 10.00.